The SMILES string of the molecule is CC[C@@H](C)NC(=O)[C@H](Cc1ccccc1)N(Cc1cccc(Cl)c1)C(=O)CN(c1ccc2c(c1)OCO2)S(=O)(=O)CC. The molecule has 0 aromatic heterocycles. The maximum atomic E-state index is 14.3. The minimum absolute atomic E-state index is 0.0259. The molecule has 0 spiro atoms. The van der Waals surface area contributed by atoms with Gasteiger partial charge in [-0.15, -0.1) is 0 Å². The monoisotopic (exact) mass is 613 g/mol. The number of hydrogen-bond acceptors (Lipinski definition) is 6. The summed E-state index contributed by atoms with van der Waals surface area (Å²) in [4.78, 5) is 29.5. The lowest BCUT2D eigenvalue weighted by molar-refractivity contribution is -0.140. The van der Waals surface area contributed by atoms with Crippen LogP contribution in [0.25, 0.3) is 0 Å². The molecule has 4 rings (SSSR count). The molecule has 42 heavy (non-hydrogen) atoms. The Morgan fingerprint density at radius 2 is 1.67 bits per heavy atom. The maximum absolute atomic E-state index is 14.3. The number of amides is 2. The number of carbonyl (C=O) groups excluding carboxylic acids is 2. The van der Waals surface area contributed by atoms with Gasteiger partial charge in [-0.1, -0.05) is 61.0 Å². The molecule has 2 atom stereocenters. The van der Waals surface area contributed by atoms with Crippen LogP contribution in [0, 0.1) is 0 Å². The lowest BCUT2D eigenvalue weighted by atomic mass is 10.0. The number of sulfonamides is 1. The third-order valence-corrected chi connectivity index (χ3v) is 9.11. The Morgan fingerprint density at radius 1 is 0.952 bits per heavy atom. The molecule has 11 heteroatoms. The topological polar surface area (TPSA) is 105 Å². The lowest BCUT2D eigenvalue weighted by Gasteiger charge is -2.34. The number of nitrogens with one attached hydrogen (secondary N) is 1. The molecule has 1 N–H and O–H groups in total. The van der Waals surface area contributed by atoms with Crippen LogP contribution in [0.3, 0.4) is 0 Å². The van der Waals surface area contributed by atoms with E-state index < -0.39 is 28.5 Å². The highest BCUT2D eigenvalue weighted by atomic mass is 35.5. The maximum Gasteiger partial charge on any atom is 0.244 e. The van der Waals surface area contributed by atoms with Gasteiger partial charge in [-0.2, -0.15) is 0 Å². The molecule has 0 saturated carbocycles. The number of benzene rings is 3. The van der Waals surface area contributed by atoms with E-state index in [0.29, 0.717) is 28.5 Å². The highest BCUT2D eigenvalue weighted by Crippen LogP contribution is 2.36. The molecule has 1 heterocycles. The van der Waals surface area contributed by atoms with Gasteiger partial charge in [0.15, 0.2) is 11.5 Å². The van der Waals surface area contributed by atoms with E-state index in [1.165, 1.54) is 11.8 Å². The Morgan fingerprint density at radius 3 is 2.36 bits per heavy atom. The molecule has 0 fully saturated rings. The van der Waals surface area contributed by atoms with Crippen LogP contribution in [0.2, 0.25) is 5.02 Å². The van der Waals surface area contributed by atoms with E-state index in [1.54, 1.807) is 36.4 Å². The second kappa shape index (κ2) is 13.9. The molecule has 224 valence electrons. The van der Waals surface area contributed by atoms with Crippen molar-refractivity contribution in [3.8, 4) is 11.5 Å². The molecule has 0 radical (unpaired) electrons. The molecule has 0 aliphatic carbocycles. The Hall–Kier alpha value is -3.76. The molecular weight excluding hydrogens is 578 g/mol. The summed E-state index contributed by atoms with van der Waals surface area (Å²) in [6, 6.07) is 20.1. The standard InChI is InChI=1S/C31H36ClN3O6S/c1-4-22(3)33-31(37)27(17-23-10-7-6-8-11-23)34(19-24-12-9-13-25(32)16-24)30(36)20-35(42(38,39)5-2)26-14-15-28-29(18-26)41-21-40-28/h6-16,18,22,27H,4-5,17,19-21H2,1-3H3,(H,33,37)/t22-,27+/m1/s1. The van der Waals surface area contributed by atoms with Gasteiger partial charge in [-0.05, 0) is 55.7 Å². The Balaban J connectivity index is 1.75. The number of carbonyl (C=O) groups is 2. The van der Waals surface area contributed by atoms with Gasteiger partial charge in [-0.25, -0.2) is 8.42 Å². The predicted molar refractivity (Wildman–Crippen MR) is 163 cm³/mol. The van der Waals surface area contributed by atoms with E-state index in [9.17, 15) is 18.0 Å². The van der Waals surface area contributed by atoms with E-state index in [4.69, 9.17) is 21.1 Å². The van der Waals surface area contributed by atoms with Gasteiger partial charge in [0.1, 0.15) is 12.6 Å². The van der Waals surface area contributed by atoms with Crippen LogP contribution in [-0.4, -0.2) is 56.3 Å². The van der Waals surface area contributed by atoms with Gasteiger partial charge in [0.2, 0.25) is 28.6 Å². The molecule has 2 amide bonds. The van der Waals surface area contributed by atoms with Crippen LogP contribution in [0.4, 0.5) is 5.69 Å². The van der Waals surface area contributed by atoms with Crippen molar-refractivity contribution in [3.63, 3.8) is 0 Å². The van der Waals surface area contributed by atoms with Gasteiger partial charge < -0.3 is 19.7 Å². The van der Waals surface area contributed by atoms with Crippen LogP contribution >= 0.6 is 11.6 Å². The van der Waals surface area contributed by atoms with Gasteiger partial charge in [0.05, 0.1) is 11.4 Å². The minimum Gasteiger partial charge on any atom is -0.454 e. The van der Waals surface area contributed by atoms with Crippen molar-refractivity contribution in [1.82, 2.24) is 10.2 Å². The summed E-state index contributed by atoms with van der Waals surface area (Å²) >= 11 is 6.26. The number of ether oxygens (including phenoxy) is 2. The van der Waals surface area contributed by atoms with Crippen molar-refractivity contribution in [1.29, 1.82) is 0 Å². The van der Waals surface area contributed by atoms with Crippen molar-refractivity contribution in [2.24, 2.45) is 0 Å². The molecule has 0 saturated heterocycles. The average Bonchev–Trinajstić information content (AvgIpc) is 3.46. The highest BCUT2D eigenvalue weighted by molar-refractivity contribution is 7.92. The van der Waals surface area contributed by atoms with E-state index >= 15 is 0 Å². The summed E-state index contributed by atoms with van der Waals surface area (Å²) in [6.45, 7) is 4.93. The van der Waals surface area contributed by atoms with Crippen molar-refractivity contribution >= 4 is 39.1 Å². The third-order valence-electron chi connectivity index (χ3n) is 7.14. The molecule has 9 nitrogen and oxygen atoms in total. The molecule has 3 aromatic carbocycles. The van der Waals surface area contributed by atoms with Crippen molar-refractivity contribution < 1.29 is 27.5 Å². The average molecular weight is 614 g/mol. The number of anilines is 1. The molecular formula is C31H36ClN3O6S. The largest absolute Gasteiger partial charge is 0.454 e. The van der Waals surface area contributed by atoms with Gasteiger partial charge in [0.25, 0.3) is 0 Å². The summed E-state index contributed by atoms with van der Waals surface area (Å²) in [6.07, 6.45) is 0.943. The van der Waals surface area contributed by atoms with Gasteiger partial charge in [0, 0.05) is 30.1 Å². The zero-order chi connectivity index (χ0) is 30.3. The number of hydrogen-bond donors (Lipinski definition) is 1. The molecule has 0 bridgehead atoms. The summed E-state index contributed by atoms with van der Waals surface area (Å²) in [5.74, 6) is -0.208. The Labute approximate surface area is 252 Å². The zero-order valence-electron chi connectivity index (χ0n) is 24.0. The first-order chi connectivity index (χ1) is 20.1. The smallest absolute Gasteiger partial charge is 0.244 e. The van der Waals surface area contributed by atoms with E-state index in [1.807, 2.05) is 50.2 Å². The molecule has 0 unspecified atom stereocenters. The van der Waals surface area contributed by atoms with Crippen LogP contribution < -0.4 is 19.1 Å². The van der Waals surface area contributed by atoms with Crippen molar-refractivity contribution in [2.75, 3.05) is 23.4 Å². The second-order valence-corrected chi connectivity index (χ2v) is 12.7. The fraction of sp³-hybridized carbons (Fsp3) is 0.355. The summed E-state index contributed by atoms with van der Waals surface area (Å²) < 4.78 is 38.5. The van der Waals surface area contributed by atoms with Crippen molar-refractivity contribution in [3.05, 3.63) is 88.9 Å². The summed E-state index contributed by atoms with van der Waals surface area (Å²) in [7, 11) is -3.90. The third kappa shape index (κ3) is 7.74. The number of nitrogens with zero attached hydrogens (tertiary/aromatic N) is 2. The van der Waals surface area contributed by atoms with E-state index in [0.717, 1.165) is 9.87 Å². The van der Waals surface area contributed by atoms with Crippen molar-refractivity contribution in [2.45, 2.75) is 52.2 Å². The summed E-state index contributed by atoms with van der Waals surface area (Å²) in [5, 5.41) is 3.50. The zero-order valence-corrected chi connectivity index (χ0v) is 25.5. The highest BCUT2D eigenvalue weighted by Gasteiger charge is 2.34. The normalized spacial score (nSPS) is 13.7. The minimum atomic E-state index is -3.90. The van der Waals surface area contributed by atoms with Gasteiger partial charge >= 0.3 is 0 Å². The van der Waals surface area contributed by atoms with Crippen LogP contribution in [0.1, 0.15) is 38.3 Å². The number of halogens is 1. The molecule has 1 aliphatic rings. The van der Waals surface area contributed by atoms with Gasteiger partial charge in [-0.3, -0.25) is 13.9 Å². The quantitative estimate of drug-likeness (QED) is 0.298. The second-order valence-electron chi connectivity index (χ2n) is 10.1. The first kappa shape index (κ1) is 31.2. The van der Waals surface area contributed by atoms with E-state index in [2.05, 4.69) is 5.32 Å². The Bertz CT molecular complexity index is 1500. The summed E-state index contributed by atoms with van der Waals surface area (Å²) in [5.41, 5.74) is 1.83. The fourth-order valence-electron chi connectivity index (χ4n) is 4.59. The molecule has 3 aromatic rings. The van der Waals surface area contributed by atoms with E-state index in [-0.39, 0.29) is 43.1 Å². The first-order valence-corrected chi connectivity index (χ1v) is 15.9. The fourth-order valence-corrected chi connectivity index (χ4v) is 5.85. The number of fused-ring (bicyclic) bond motifs is 1. The lowest BCUT2D eigenvalue weighted by Crippen LogP contribution is -2.54. The van der Waals surface area contributed by atoms with Crippen LogP contribution in [0.15, 0.2) is 72.8 Å². The van der Waals surface area contributed by atoms with Crippen LogP contribution in [-0.2, 0) is 32.6 Å². The predicted octanol–water partition coefficient (Wildman–Crippen LogP) is 4.78. The first-order valence-electron chi connectivity index (χ1n) is 13.9. The number of rotatable bonds is 13. The molecule has 1 aliphatic heterocycles. The Kier molecular flexibility index (Phi) is 10.3. The van der Waals surface area contributed by atoms with Crippen LogP contribution in [0.5, 0.6) is 11.5 Å².